The number of amides is 2. The number of rotatable bonds is 3. The second-order valence-electron chi connectivity index (χ2n) is 5.89. The molecule has 0 aromatic rings. The van der Waals surface area contributed by atoms with Crippen LogP contribution in [0, 0.1) is 11.8 Å². The van der Waals surface area contributed by atoms with E-state index in [9.17, 15) is 13.6 Å². The maximum Gasteiger partial charge on any atom is 0.317 e. The summed E-state index contributed by atoms with van der Waals surface area (Å²) in [5.41, 5.74) is 0. The van der Waals surface area contributed by atoms with Gasteiger partial charge in [0.2, 0.25) is 5.92 Å². The van der Waals surface area contributed by atoms with Gasteiger partial charge in [-0.15, -0.1) is 0 Å². The lowest BCUT2D eigenvalue weighted by atomic mass is 9.82. The molecule has 2 amide bonds. The normalized spacial score (nSPS) is 25.8. The third kappa shape index (κ3) is 3.55. The van der Waals surface area contributed by atoms with Crippen LogP contribution in [0.2, 0.25) is 0 Å². The van der Waals surface area contributed by atoms with E-state index in [-0.39, 0.29) is 43.4 Å². The van der Waals surface area contributed by atoms with Crippen LogP contribution in [0.3, 0.4) is 0 Å². The van der Waals surface area contributed by atoms with Crippen molar-refractivity contribution in [3.05, 3.63) is 0 Å². The molecule has 2 rings (SSSR count). The van der Waals surface area contributed by atoms with E-state index in [0.29, 0.717) is 25.9 Å². The van der Waals surface area contributed by atoms with Gasteiger partial charge in [-0.3, -0.25) is 0 Å². The molecule has 6 heteroatoms. The number of aliphatic hydroxyl groups excluding tert-OH is 1. The Bertz CT molecular complexity index is 323. The number of likely N-dealkylation sites (tertiary alicyclic amines) is 1. The zero-order chi connectivity index (χ0) is 14.0. The van der Waals surface area contributed by atoms with Gasteiger partial charge < -0.3 is 15.3 Å². The topological polar surface area (TPSA) is 52.6 Å². The second kappa shape index (κ2) is 5.61. The summed E-state index contributed by atoms with van der Waals surface area (Å²) < 4.78 is 26.1. The summed E-state index contributed by atoms with van der Waals surface area (Å²) in [6.07, 6.45) is 0.782. The smallest absolute Gasteiger partial charge is 0.317 e. The average Bonchev–Trinajstić information content (AvgIpc) is 2.27. The Morgan fingerprint density at radius 1 is 1.42 bits per heavy atom. The van der Waals surface area contributed by atoms with Crippen molar-refractivity contribution >= 4 is 6.03 Å². The lowest BCUT2D eigenvalue weighted by Crippen LogP contribution is -2.57. The van der Waals surface area contributed by atoms with Crippen LogP contribution >= 0.6 is 0 Å². The minimum absolute atomic E-state index is 0.0724. The third-order valence-corrected chi connectivity index (χ3v) is 4.32. The van der Waals surface area contributed by atoms with E-state index in [2.05, 4.69) is 5.32 Å². The Kier molecular flexibility index (Phi) is 4.28. The highest BCUT2D eigenvalue weighted by Gasteiger charge is 2.37. The van der Waals surface area contributed by atoms with Crippen molar-refractivity contribution in [2.45, 2.75) is 44.6 Å². The van der Waals surface area contributed by atoms with Crippen LogP contribution in [0.25, 0.3) is 0 Å². The first-order valence-electron chi connectivity index (χ1n) is 6.95. The molecule has 2 aliphatic rings. The second-order valence-corrected chi connectivity index (χ2v) is 5.89. The molecular weight excluding hydrogens is 254 g/mol. The number of carbonyl (C=O) groups is 1. The third-order valence-electron chi connectivity index (χ3n) is 4.32. The van der Waals surface area contributed by atoms with Crippen molar-refractivity contribution in [2.24, 2.45) is 11.8 Å². The van der Waals surface area contributed by atoms with Crippen LogP contribution in [0.15, 0.2) is 0 Å². The molecule has 0 spiro atoms. The number of nitrogens with zero attached hydrogens (tertiary/aromatic N) is 1. The SMILES string of the molecule is C[C@H](NC(=O)N1CC(CO)C1)C1CCC(F)(F)CC1. The molecule has 1 saturated heterocycles. The van der Waals surface area contributed by atoms with Gasteiger partial charge >= 0.3 is 6.03 Å². The molecule has 4 nitrogen and oxygen atoms in total. The molecule has 110 valence electrons. The van der Waals surface area contributed by atoms with E-state index >= 15 is 0 Å². The Balaban J connectivity index is 1.72. The van der Waals surface area contributed by atoms with Gasteiger partial charge in [-0.2, -0.15) is 0 Å². The first-order valence-corrected chi connectivity index (χ1v) is 6.95. The van der Waals surface area contributed by atoms with Crippen molar-refractivity contribution < 1.29 is 18.7 Å². The van der Waals surface area contributed by atoms with Gasteiger partial charge in [-0.05, 0) is 25.7 Å². The molecule has 0 bridgehead atoms. The predicted octanol–water partition coefficient (Wildman–Crippen LogP) is 1.83. The van der Waals surface area contributed by atoms with Crippen LogP contribution < -0.4 is 5.32 Å². The summed E-state index contributed by atoms with van der Waals surface area (Å²) in [7, 11) is 0. The lowest BCUT2D eigenvalue weighted by Gasteiger charge is -2.40. The molecule has 1 heterocycles. The number of carbonyl (C=O) groups excluding carboxylic acids is 1. The quantitative estimate of drug-likeness (QED) is 0.826. The molecule has 1 atom stereocenters. The van der Waals surface area contributed by atoms with E-state index in [0.717, 1.165) is 0 Å². The number of hydrogen-bond donors (Lipinski definition) is 2. The minimum atomic E-state index is -2.52. The van der Waals surface area contributed by atoms with E-state index in [4.69, 9.17) is 5.11 Å². The highest BCUT2D eigenvalue weighted by Crippen LogP contribution is 2.37. The van der Waals surface area contributed by atoms with Gasteiger partial charge in [0.05, 0.1) is 0 Å². The molecule has 0 aromatic heterocycles. The number of aliphatic hydroxyl groups is 1. The molecule has 1 aliphatic carbocycles. The summed E-state index contributed by atoms with van der Waals surface area (Å²) in [6.45, 7) is 3.15. The molecule has 2 fully saturated rings. The number of urea groups is 1. The van der Waals surface area contributed by atoms with Gasteiger partial charge in [-0.25, -0.2) is 13.6 Å². The monoisotopic (exact) mass is 276 g/mol. The summed E-state index contributed by atoms with van der Waals surface area (Å²) in [4.78, 5) is 13.5. The van der Waals surface area contributed by atoms with E-state index < -0.39 is 5.92 Å². The highest BCUT2D eigenvalue weighted by molar-refractivity contribution is 5.75. The summed E-state index contributed by atoms with van der Waals surface area (Å²) in [6, 6.07) is -0.216. The molecule has 2 N–H and O–H groups in total. The summed E-state index contributed by atoms with van der Waals surface area (Å²) in [5, 5.41) is 11.8. The predicted molar refractivity (Wildman–Crippen MR) is 67.0 cm³/mol. The zero-order valence-electron chi connectivity index (χ0n) is 11.2. The fourth-order valence-corrected chi connectivity index (χ4v) is 2.82. The Hall–Kier alpha value is -0.910. The van der Waals surface area contributed by atoms with Crippen molar-refractivity contribution in [1.82, 2.24) is 10.2 Å². The van der Waals surface area contributed by atoms with Crippen LogP contribution in [0.1, 0.15) is 32.6 Å². The van der Waals surface area contributed by atoms with Crippen LogP contribution in [0.4, 0.5) is 13.6 Å². The number of alkyl halides is 2. The van der Waals surface area contributed by atoms with Crippen molar-refractivity contribution in [3.8, 4) is 0 Å². The van der Waals surface area contributed by atoms with Crippen molar-refractivity contribution in [2.75, 3.05) is 19.7 Å². The number of nitrogens with one attached hydrogen (secondary N) is 1. The molecule has 0 radical (unpaired) electrons. The molecule has 0 aromatic carbocycles. The number of hydrogen-bond acceptors (Lipinski definition) is 2. The van der Waals surface area contributed by atoms with Gasteiger partial charge in [-0.1, -0.05) is 0 Å². The Labute approximate surface area is 112 Å². The fraction of sp³-hybridized carbons (Fsp3) is 0.923. The number of halogens is 2. The van der Waals surface area contributed by atoms with E-state index in [1.165, 1.54) is 0 Å². The average molecular weight is 276 g/mol. The minimum Gasteiger partial charge on any atom is -0.396 e. The van der Waals surface area contributed by atoms with Crippen LogP contribution in [-0.4, -0.2) is 47.7 Å². The highest BCUT2D eigenvalue weighted by atomic mass is 19.3. The largest absolute Gasteiger partial charge is 0.396 e. The maximum absolute atomic E-state index is 13.1. The first-order chi connectivity index (χ1) is 8.91. The summed E-state index contributed by atoms with van der Waals surface area (Å²) in [5.74, 6) is -2.20. The van der Waals surface area contributed by atoms with Crippen molar-refractivity contribution in [3.63, 3.8) is 0 Å². The Morgan fingerprint density at radius 2 is 2.00 bits per heavy atom. The van der Waals surface area contributed by atoms with Gasteiger partial charge in [0.15, 0.2) is 0 Å². The molecule has 1 aliphatic heterocycles. The fourth-order valence-electron chi connectivity index (χ4n) is 2.82. The Morgan fingerprint density at radius 3 is 2.53 bits per heavy atom. The maximum atomic E-state index is 13.1. The van der Waals surface area contributed by atoms with Crippen molar-refractivity contribution in [1.29, 1.82) is 0 Å². The first kappa shape index (κ1) is 14.5. The van der Waals surface area contributed by atoms with Gasteiger partial charge in [0, 0.05) is 44.5 Å². The molecule has 19 heavy (non-hydrogen) atoms. The molecular formula is C13H22F2N2O2. The van der Waals surface area contributed by atoms with Crippen LogP contribution in [-0.2, 0) is 0 Å². The van der Waals surface area contributed by atoms with Gasteiger partial charge in [0.25, 0.3) is 0 Å². The summed E-state index contributed by atoms with van der Waals surface area (Å²) >= 11 is 0. The van der Waals surface area contributed by atoms with Gasteiger partial charge in [0.1, 0.15) is 0 Å². The zero-order valence-corrected chi connectivity index (χ0v) is 11.2. The lowest BCUT2D eigenvalue weighted by molar-refractivity contribution is -0.0486. The standard InChI is InChI=1S/C13H22F2N2O2/c1-9(11-2-4-13(14,15)5-3-11)16-12(19)17-6-10(7-17)8-18/h9-11,18H,2-8H2,1H3,(H,16,19)/t9-/m0/s1. The molecule has 1 saturated carbocycles. The molecule has 0 unspecified atom stereocenters. The van der Waals surface area contributed by atoms with E-state index in [1.807, 2.05) is 6.92 Å². The van der Waals surface area contributed by atoms with E-state index in [1.54, 1.807) is 4.90 Å². The van der Waals surface area contributed by atoms with Crippen LogP contribution in [0.5, 0.6) is 0 Å².